The minimum absolute atomic E-state index is 0.542. The maximum atomic E-state index is 3.39. The van der Waals surface area contributed by atoms with Crippen LogP contribution in [0.5, 0.6) is 0 Å². The summed E-state index contributed by atoms with van der Waals surface area (Å²) in [6, 6.07) is 0. The lowest BCUT2D eigenvalue weighted by molar-refractivity contribution is -0.0651. The van der Waals surface area contributed by atoms with Crippen molar-refractivity contribution in [2.75, 3.05) is 20.1 Å². The third-order valence-electron chi connectivity index (χ3n) is 3.15. The second kappa shape index (κ2) is 3.03. The molecule has 1 heterocycles. The number of likely N-dealkylation sites (tertiary alicyclic amines) is 1. The molecule has 1 heteroatoms. The summed E-state index contributed by atoms with van der Waals surface area (Å²) in [4.78, 5) is 2.41. The van der Waals surface area contributed by atoms with Crippen LogP contribution in [-0.4, -0.2) is 25.0 Å². The van der Waals surface area contributed by atoms with E-state index in [1.54, 1.807) is 0 Å². The summed E-state index contributed by atoms with van der Waals surface area (Å²) in [6.45, 7) is 6.96. The molecule has 2 fully saturated rings. The first kappa shape index (κ1) is 9.09. The van der Waals surface area contributed by atoms with Gasteiger partial charge in [-0.15, -0.1) is 5.92 Å². The molecule has 0 bridgehead atoms. The molecule has 1 spiro atoms. The van der Waals surface area contributed by atoms with Crippen LogP contribution in [0.2, 0.25) is 0 Å². The molecule has 0 aromatic heterocycles. The first-order valence-corrected chi connectivity index (χ1v) is 5.29. The largest absolute Gasteiger partial charge is 0.305 e. The van der Waals surface area contributed by atoms with Gasteiger partial charge >= 0.3 is 0 Å². The molecule has 1 aliphatic heterocycles. The van der Waals surface area contributed by atoms with Gasteiger partial charge in [0, 0.05) is 24.9 Å². The molecule has 2 rings (SSSR count). The number of hydrogen-bond acceptors (Lipinski definition) is 1. The molecule has 0 aromatic rings. The number of hydrogen-bond donors (Lipinski definition) is 0. The van der Waals surface area contributed by atoms with Crippen molar-refractivity contribution in [3.8, 4) is 11.8 Å². The average Bonchev–Trinajstić information content (AvgIpc) is 1.90. The summed E-state index contributed by atoms with van der Waals surface area (Å²) in [7, 11) is 2.21. The highest BCUT2D eigenvalue weighted by Gasteiger charge is 2.50. The van der Waals surface area contributed by atoms with E-state index in [0.29, 0.717) is 11.3 Å². The molecule has 0 amide bonds. The smallest absolute Gasteiger partial charge is 0.0215 e. The van der Waals surface area contributed by atoms with Crippen LogP contribution >= 0.6 is 0 Å². The second-order valence-electron chi connectivity index (χ2n) is 5.22. The monoisotopic (exact) mass is 177 g/mol. The Morgan fingerprint density at radius 3 is 2.38 bits per heavy atom. The topological polar surface area (TPSA) is 3.24 Å². The Kier molecular flexibility index (Phi) is 2.12. The lowest BCUT2D eigenvalue weighted by Gasteiger charge is -2.57. The maximum Gasteiger partial charge on any atom is 0.0215 e. The number of rotatable bonds is 0. The first-order valence-electron chi connectivity index (χ1n) is 5.29. The lowest BCUT2D eigenvalue weighted by atomic mass is 9.58. The lowest BCUT2D eigenvalue weighted by Crippen LogP contribution is -2.60. The zero-order chi connectivity index (χ0) is 9.47. The van der Waals surface area contributed by atoms with Crippen LogP contribution in [0, 0.1) is 29.1 Å². The molecule has 1 nitrogen and oxygen atoms in total. The Balaban J connectivity index is 1.77. The fraction of sp³-hybridized carbons (Fsp3) is 0.833. The predicted octanol–water partition coefficient (Wildman–Crippen LogP) is 1.99. The Morgan fingerprint density at radius 1 is 1.31 bits per heavy atom. The van der Waals surface area contributed by atoms with Gasteiger partial charge in [0.1, 0.15) is 0 Å². The Hall–Kier alpha value is -0.480. The quantitative estimate of drug-likeness (QED) is 0.511. The van der Waals surface area contributed by atoms with Crippen molar-refractivity contribution >= 4 is 0 Å². The summed E-state index contributed by atoms with van der Waals surface area (Å²) in [5.74, 6) is 7.93. The van der Waals surface area contributed by atoms with Gasteiger partial charge in [-0.05, 0) is 25.3 Å². The van der Waals surface area contributed by atoms with Crippen molar-refractivity contribution < 1.29 is 0 Å². The fourth-order valence-electron chi connectivity index (χ4n) is 2.73. The van der Waals surface area contributed by atoms with Crippen molar-refractivity contribution in [1.29, 1.82) is 0 Å². The van der Waals surface area contributed by atoms with E-state index in [9.17, 15) is 0 Å². The van der Waals surface area contributed by atoms with Gasteiger partial charge in [0.25, 0.3) is 0 Å². The fourth-order valence-corrected chi connectivity index (χ4v) is 2.73. The van der Waals surface area contributed by atoms with Crippen molar-refractivity contribution in [1.82, 2.24) is 4.90 Å². The average molecular weight is 177 g/mol. The van der Waals surface area contributed by atoms with Crippen LogP contribution in [-0.2, 0) is 0 Å². The molecule has 13 heavy (non-hydrogen) atoms. The van der Waals surface area contributed by atoms with Gasteiger partial charge in [-0.3, -0.25) is 0 Å². The van der Waals surface area contributed by atoms with E-state index in [4.69, 9.17) is 0 Å². The van der Waals surface area contributed by atoms with E-state index < -0.39 is 0 Å². The van der Waals surface area contributed by atoms with Gasteiger partial charge in [0.15, 0.2) is 0 Å². The van der Waals surface area contributed by atoms with Crippen LogP contribution in [0.3, 0.4) is 0 Å². The zero-order valence-electron chi connectivity index (χ0n) is 8.93. The molecule has 1 saturated heterocycles. The van der Waals surface area contributed by atoms with Gasteiger partial charge in [-0.25, -0.2) is 0 Å². The van der Waals surface area contributed by atoms with Gasteiger partial charge < -0.3 is 4.90 Å². The second-order valence-corrected chi connectivity index (χ2v) is 5.22. The Morgan fingerprint density at radius 2 is 1.92 bits per heavy atom. The predicted molar refractivity (Wildman–Crippen MR) is 55.3 cm³/mol. The molecule has 0 aromatic carbocycles. The van der Waals surface area contributed by atoms with E-state index in [1.165, 1.54) is 25.9 Å². The molecule has 0 atom stereocenters. The molecular weight excluding hydrogens is 158 g/mol. The van der Waals surface area contributed by atoms with Crippen molar-refractivity contribution in [3.05, 3.63) is 0 Å². The van der Waals surface area contributed by atoms with E-state index in [0.717, 1.165) is 5.92 Å². The molecule has 0 unspecified atom stereocenters. The van der Waals surface area contributed by atoms with Crippen molar-refractivity contribution in [3.63, 3.8) is 0 Å². The van der Waals surface area contributed by atoms with E-state index in [1.807, 2.05) is 0 Å². The van der Waals surface area contributed by atoms with Gasteiger partial charge in [0.2, 0.25) is 0 Å². The third kappa shape index (κ3) is 1.74. The zero-order valence-corrected chi connectivity index (χ0v) is 8.93. The van der Waals surface area contributed by atoms with Crippen LogP contribution in [0.1, 0.15) is 26.7 Å². The highest BCUT2D eigenvalue weighted by Crippen LogP contribution is 2.50. The van der Waals surface area contributed by atoms with Crippen LogP contribution in [0.4, 0.5) is 0 Å². The summed E-state index contributed by atoms with van der Waals surface area (Å²) in [6.07, 6.45) is 2.72. The number of nitrogens with zero attached hydrogens (tertiary/aromatic N) is 1. The minimum atomic E-state index is 0.542. The molecule has 1 saturated carbocycles. The highest BCUT2D eigenvalue weighted by atomic mass is 15.2. The molecular formula is C12H19N. The van der Waals surface area contributed by atoms with Crippen molar-refractivity contribution in [2.45, 2.75) is 26.7 Å². The summed E-state index contributed by atoms with van der Waals surface area (Å²) >= 11 is 0. The Bertz CT molecular complexity index is 242. The van der Waals surface area contributed by atoms with E-state index >= 15 is 0 Å². The summed E-state index contributed by atoms with van der Waals surface area (Å²) < 4.78 is 0. The summed E-state index contributed by atoms with van der Waals surface area (Å²) in [5, 5.41) is 0. The highest BCUT2D eigenvalue weighted by molar-refractivity contribution is 5.15. The standard InChI is InChI=1S/C12H19N/c1-10(2)4-5-11-6-12(7-11)8-13(3)9-12/h10-11H,6-9H2,1-3H3. The van der Waals surface area contributed by atoms with E-state index in [-0.39, 0.29) is 0 Å². The SMILES string of the molecule is CC(C)C#CC1CC2(C1)CN(C)C2. The maximum absolute atomic E-state index is 3.39. The molecule has 72 valence electrons. The van der Waals surface area contributed by atoms with E-state index in [2.05, 4.69) is 37.6 Å². The van der Waals surface area contributed by atoms with Crippen LogP contribution in [0.25, 0.3) is 0 Å². The van der Waals surface area contributed by atoms with Gasteiger partial charge in [-0.1, -0.05) is 19.8 Å². The molecule has 2 aliphatic rings. The van der Waals surface area contributed by atoms with Gasteiger partial charge in [-0.2, -0.15) is 0 Å². The summed E-state index contributed by atoms with van der Waals surface area (Å²) in [5.41, 5.74) is 0.699. The minimum Gasteiger partial charge on any atom is -0.305 e. The normalized spacial score (nSPS) is 26.5. The van der Waals surface area contributed by atoms with Crippen LogP contribution < -0.4 is 0 Å². The van der Waals surface area contributed by atoms with Crippen LogP contribution in [0.15, 0.2) is 0 Å². The first-order chi connectivity index (χ1) is 6.10. The van der Waals surface area contributed by atoms with Crippen molar-refractivity contribution in [2.24, 2.45) is 17.3 Å². The van der Waals surface area contributed by atoms with Gasteiger partial charge in [0.05, 0.1) is 0 Å². The third-order valence-corrected chi connectivity index (χ3v) is 3.15. The molecule has 0 radical (unpaired) electrons. The Labute approximate surface area is 81.5 Å². The molecule has 1 aliphatic carbocycles. The molecule has 0 N–H and O–H groups in total.